The monoisotopic (exact) mass is 286 g/mol. The molecule has 2 aromatic carbocycles. The molecule has 0 aliphatic rings. The lowest BCUT2D eigenvalue weighted by atomic mass is 10.0. The fraction of sp³-hybridized carbons (Fsp3) is 0.235. The van der Waals surface area contributed by atoms with Crippen LogP contribution in [0, 0.1) is 29.9 Å². The molecular weight excluding hydrogens is 270 g/mol. The van der Waals surface area contributed by atoms with Crippen LogP contribution in [0.1, 0.15) is 36.1 Å². The average Bonchev–Trinajstić information content (AvgIpc) is 2.48. The molecule has 1 unspecified atom stereocenters. The smallest absolute Gasteiger partial charge is 0.129 e. The first kappa shape index (κ1) is 15.0. The van der Waals surface area contributed by atoms with Crippen molar-refractivity contribution in [1.82, 2.24) is 0 Å². The molecule has 0 spiro atoms. The van der Waals surface area contributed by atoms with Gasteiger partial charge < -0.3 is 5.32 Å². The van der Waals surface area contributed by atoms with Crippen molar-refractivity contribution < 1.29 is 8.78 Å². The molecule has 21 heavy (non-hydrogen) atoms. The number of nitriles is 1. The third-order valence-electron chi connectivity index (χ3n) is 3.46. The van der Waals surface area contributed by atoms with Crippen LogP contribution in [0.2, 0.25) is 0 Å². The lowest BCUT2D eigenvalue weighted by Gasteiger charge is -2.20. The van der Waals surface area contributed by atoms with Gasteiger partial charge in [0.05, 0.1) is 17.7 Å². The topological polar surface area (TPSA) is 35.8 Å². The summed E-state index contributed by atoms with van der Waals surface area (Å²) in [6.45, 7) is 3.61. The minimum absolute atomic E-state index is 0.146. The summed E-state index contributed by atoms with van der Waals surface area (Å²) in [4.78, 5) is 0. The number of benzene rings is 2. The van der Waals surface area contributed by atoms with E-state index in [2.05, 4.69) is 5.32 Å². The zero-order valence-electron chi connectivity index (χ0n) is 12.0. The lowest BCUT2D eigenvalue weighted by Crippen LogP contribution is -2.11. The second-order valence-corrected chi connectivity index (χ2v) is 4.90. The standard InChI is InChI=1S/C17H16F2N2/c1-3-16(13-5-4-6-14(18)9-13)21-17-8-12(10-20)7-15(19)11(17)2/h4-9,16,21H,3H2,1-2H3. The van der Waals surface area contributed by atoms with Gasteiger partial charge in [-0.1, -0.05) is 19.1 Å². The number of anilines is 1. The van der Waals surface area contributed by atoms with E-state index in [4.69, 9.17) is 5.26 Å². The lowest BCUT2D eigenvalue weighted by molar-refractivity contribution is 0.615. The van der Waals surface area contributed by atoms with Gasteiger partial charge in [0.25, 0.3) is 0 Å². The minimum atomic E-state index is -0.425. The largest absolute Gasteiger partial charge is 0.378 e. The van der Waals surface area contributed by atoms with Gasteiger partial charge >= 0.3 is 0 Å². The highest BCUT2D eigenvalue weighted by Crippen LogP contribution is 2.27. The van der Waals surface area contributed by atoms with Crippen molar-refractivity contribution in [2.24, 2.45) is 0 Å². The minimum Gasteiger partial charge on any atom is -0.378 e. The summed E-state index contributed by atoms with van der Waals surface area (Å²) < 4.78 is 27.1. The average molecular weight is 286 g/mol. The van der Waals surface area contributed by atoms with Gasteiger partial charge in [0.15, 0.2) is 0 Å². The van der Waals surface area contributed by atoms with Gasteiger partial charge in [-0.2, -0.15) is 5.26 Å². The molecule has 0 radical (unpaired) electrons. The predicted molar refractivity (Wildman–Crippen MR) is 78.9 cm³/mol. The first-order valence-electron chi connectivity index (χ1n) is 6.77. The van der Waals surface area contributed by atoms with E-state index in [9.17, 15) is 8.78 Å². The third kappa shape index (κ3) is 3.38. The van der Waals surface area contributed by atoms with Gasteiger partial charge in [0.2, 0.25) is 0 Å². The Kier molecular flexibility index (Phi) is 4.54. The van der Waals surface area contributed by atoms with Gasteiger partial charge in [-0.3, -0.25) is 0 Å². The summed E-state index contributed by atoms with van der Waals surface area (Å²) in [7, 11) is 0. The van der Waals surface area contributed by atoms with Crippen LogP contribution >= 0.6 is 0 Å². The van der Waals surface area contributed by atoms with Crippen molar-refractivity contribution in [2.45, 2.75) is 26.3 Å². The maximum absolute atomic E-state index is 13.8. The summed E-state index contributed by atoms with van der Waals surface area (Å²) in [6.07, 6.45) is 0.710. The second-order valence-electron chi connectivity index (χ2n) is 4.90. The van der Waals surface area contributed by atoms with E-state index in [0.717, 1.165) is 5.56 Å². The fourth-order valence-electron chi connectivity index (χ4n) is 2.23. The molecular formula is C17H16F2N2. The summed E-state index contributed by atoms with van der Waals surface area (Å²) in [5.74, 6) is -0.730. The van der Waals surface area contributed by atoms with E-state index in [0.29, 0.717) is 17.7 Å². The van der Waals surface area contributed by atoms with E-state index < -0.39 is 5.82 Å². The van der Waals surface area contributed by atoms with Crippen molar-refractivity contribution >= 4 is 5.69 Å². The Bertz CT molecular complexity index is 690. The van der Waals surface area contributed by atoms with E-state index in [1.165, 1.54) is 18.2 Å². The molecule has 1 atom stereocenters. The molecule has 0 aliphatic carbocycles. The van der Waals surface area contributed by atoms with Crippen molar-refractivity contribution in [1.29, 1.82) is 5.26 Å². The Morgan fingerprint density at radius 2 is 2.00 bits per heavy atom. The van der Waals surface area contributed by atoms with Crippen molar-refractivity contribution in [3.63, 3.8) is 0 Å². The molecule has 0 aromatic heterocycles. The van der Waals surface area contributed by atoms with Crippen LogP contribution in [0.25, 0.3) is 0 Å². The van der Waals surface area contributed by atoms with Crippen LogP contribution in [0.15, 0.2) is 36.4 Å². The van der Waals surface area contributed by atoms with Gasteiger partial charge in [-0.05, 0) is 43.2 Å². The predicted octanol–water partition coefficient (Wildman–Crippen LogP) is 4.71. The molecule has 0 heterocycles. The summed E-state index contributed by atoms with van der Waals surface area (Å²) in [5, 5.41) is 12.1. The highest BCUT2D eigenvalue weighted by Gasteiger charge is 2.13. The van der Waals surface area contributed by atoms with Gasteiger partial charge in [-0.25, -0.2) is 8.78 Å². The third-order valence-corrected chi connectivity index (χ3v) is 3.46. The molecule has 2 nitrogen and oxygen atoms in total. The van der Waals surface area contributed by atoms with Crippen LogP contribution in [-0.4, -0.2) is 0 Å². The first-order valence-corrected chi connectivity index (χ1v) is 6.77. The second kappa shape index (κ2) is 6.36. The van der Waals surface area contributed by atoms with E-state index in [-0.39, 0.29) is 17.4 Å². The first-order chi connectivity index (χ1) is 10.0. The number of nitrogens with one attached hydrogen (secondary N) is 1. The van der Waals surface area contributed by atoms with Gasteiger partial charge in [0.1, 0.15) is 11.6 Å². The summed E-state index contributed by atoms with van der Waals surface area (Å²) in [6, 6.07) is 10.9. The molecule has 0 saturated carbocycles. The molecule has 0 fully saturated rings. The molecule has 2 aromatic rings. The van der Waals surface area contributed by atoms with Crippen LogP contribution in [0.3, 0.4) is 0 Å². The maximum atomic E-state index is 13.8. The zero-order chi connectivity index (χ0) is 15.4. The summed E-state index contributed by atoms with van der Waals surface area (Å²) >= 11 is 0. The Balaban J connectivity index is 2.35. The Hall–Kier alpha value is -2.41. The van der Waals surface area contributed by atoms with Crippen LogP contribution in [-0.2, 0) is 0 Å². The normalized spacial score (nSPS) is 11.8. The quantitative estimate of drug-likeness (QED) is 0.883. The van der Waals surface area contributed by atoms with Crippen LogP contribution in [0.5, 0.6) is 0 Å². The zero-order valence-corrected chi connectivity index (χ0v) is 12.0. The van der Waals surface area contributed by atoms with Crippen molar-refractivity contribution in [2.75, 3.05) is 5.32 Å². The van der Waals surface area contributed by atoms with Crippen LogP contribution < -0.4 is 5.32 Å². The molecule has 0 aliphatic heterocycles. The number of nitrogens with zero attached hydrogens (tertiary/aromatic N) is 1. The Labute approximate surface area is 123 Å². The number of halogens is 2. The molecule has 0 amide bonds. The SMILES string of the molecule is CCC(Nc1cc(C#N)cc(F)c1C)c1cccc(F)c1. The van der Waals surface area contributed by atoms with Crippen molar-refractivity contribution in [3.8, 4) is 6.07 Å². The molecule has 1 N–H and O–H groups in total. The molecule has 4 heteroatoms. The molecule has 2 rings (SSSR count). The number of hydrogen-bond donors (Lipinski definition) is 1. The highest BCUT2D eigenvalue weighted by molar-refractivity contribution is 5.57. The van der Waals surface area contributed by atoms with Crippen LogP contribution in [0.4, 0.5) is 14.5 Å². The van der Waals surface area contributed by atoms with Gasteiger partial charge in [-0.15, -0.1) is 0 Å². The van der Waals surface area contributed by atoms with Crippen molar-refractivity contribution in [3.05, 3.63) is 64.7 Å². The molecule has 0 bridgehead atoms. The molecule has 108 valence electrons. The molecule has 0 saturated heterocycles. The van der Waals surface area contributed by atoms with E-state index in [1.807, 2.05) is 19.1 Å². The van der Waals surface area contributed by atoms with E-state index in [1.54, 1.807) is 19.1 Å². The Morgan fingerprint density at radius 3 is 2.62 bits per heavy atom. The highest BCUT2D eigenvalue weighted by atomic mass is 19.1. The Morgan fingerprint density at radius 1 is 1.24 bits per heavy atom. The van der Waals surface area contributed by atoms with Gasteiger partial charge in [0, 0.05) is 11.3 Å². The van der Waals surface area contributed by atoms with E-state index >= 15 is 0 Å². The summed E-state index contributed by atoms with van der Waals surface area (Å²) in [5.41, 5.74) is 2.06. The number of rotatable bonds is 4. The fourth-order valence-corrected chi connectivity index (χ4v) is 2.23. The number of hydrogen-bond acceptors (Lipinski definition) is 2. The maximum Gasteiger partial charge on any atom is 0.129 e.